The number of para-hydroxylation sites is 4. The molecule has 6 aromatic carbocycles. The summed E-state index contributed by atoms with van der Waals surface area (Å²) in [7, 11) is 0. The van der Waals surface area contributed by atoms with Gasteiger partial charge < -0.3 is 4.57 Å². The third-order valence-corrected chi connectivity index (χ3v) is 8.51. The molecule has 0 saturated heterocycles. The Morgan fingerprint density at radius 3 is 1.60 bits per heavy atom. The van der Waals surface area contributed by atoms with Crippen LogP contribution in [0.4, 0.5) is 0 Å². The first kappa shape index (κ1) is 23.1. The monoisotopic (exact) mass is 535 g/mol. The van der Waals surface area contributed by atoms with E-state index in [1.54, 1.807) is 0 Å². The molecule has 0 aliphatic rings. The van der Waals surface area contributed by atoms with E-state index >= 15 is 0 Å². The lowest BCUT2D eigenvalue weighted by Gasteiger charge is -2.13. The summed E-state index contributed by atoms with van der Waals surface area (Å²) in [6.07, 6.45) is 0. The summed E-state index contributed by atoms with van der Waals surface area (Å²) in [5.74, 6) is 0.920. The van der Waals surface area contributed by atoms with Crippen LogP contribution in [0.2, 0.25) is 0 Å². The average molecular weight is 536 g/mol. The molecule has 196 valence electrons. The van der Waals surface area contributed by atoms with Crippen molar-refractivity contribution in [1.82, 2.24) is 14.1 Å². The van der Waals surface area contributed by atoms with E-state index in [-0.39, 0.29) is 0 Å². The van der Waals surface area contributed by atoms with Crippen molar-refractivity contribution in [2.75, 3.05) is 0 Å². The highest BCUT2D eigenvalue weighted by Gasteiger charge is 2.18. The van der Waals surface area contributed by atoms with Crippen LogP contribution in [0.25, 0.3) is 77.1 Å². The maximum atomic E-state index is 5.22. The third-order valence-electron chi connectivity index (χ3n) is 8.51. The van der Waals surface area contributed by atoms with E-state index in [1.165, 1.54) is 43.7 Å². The number of rotatable bonds is 3. The molecular weight excluding hydrogens is 510 g/mol. The van der Waals surface area contributed by atoms with Gasteiger partial charge in [0, 0.05) is 32.6 Å². The highest BCUT2D eigenvalue weighted by Crippen LogP contribution is 2.38. The Morgan fingerprint density at radius 1 is 0.381 bits per heavy atom. The summed E-state index contributed by atoms with van der Waals surface area (Å²) < 4.78 is 4.71. The van der Waals surface area contributed by atoms with Gasteiger partial charge in [0.25, 0.3) is 0 Å². The van der Waals surface area contributed by atoms with E-state index in [0.717, 1.165) is 33.4 Å². The zero-order valence-corrected chi connectivity index (χ0v) is 22.8. The molecule has 9 rings (SSSR count). The van der Waals surface area contributed by atoms with Crippen molar-refractivity contribution in [2.45, 2.75) is 0 Å². The lowest BCUT2D eigenvalue weighted by atomic mass is 10.0. The number of benzene rings is 6. The number of fused-ring (bicyclic) bond motifs is 7. The predicted molar refractivity (Wildman–Crippen MR) is 176 cm³/mol. The van der Waals surface area contributed by atoms with E-state index in [2.05, 4.69) is 161 Å². The average Bonchev–Trinajstić information content (AvgIpc) is 3.57. The number of hydrogen-bond donors (Lipinski definition) is 0. The van der Waals surface area contributed by atoms with Gasteiger partial charge in [-0.25, -0.2) is 4.98 Å². The molecule has 0 N–H and O–H groups in total. The smallest absolute Gasteiger partial charge is 0.138 e. The van der Waals surface area contributed by atoms with Gasteiger partial charge in [0.1, 0.15) is 5.82 Å². The van der Waals surface area contributed by atoms with Crippen molar-refractivity contribution in [2.24, 2.45) is 0 Å². The van der Waals surface area contributed by atoms with Crippen LogP contribution in [0.5, 0.6) is 0 Å². The molecule has 0 fully saturated rings. The zero-order valence-electron chi connectivity index (χ0n) is 22.8. The first-order chi connectivity index (χ1) is 20.8. The molecule has 42 heavy (non-hydrogen) atoms. The lowest BCUT2D eigenvalue weighted by Crippen LogP contribution is -1.99. The van der Waals surface area contributed by atoms with Crippen LogP contribution in [0.15, 0.2) is 152 Å². The maximum absolute atomic E-state index is 5.22. The van der Waals surface area contributed by atoms with Gasteiger partial charge in [-0.3, -0.25) is 4.57 Å². The van der Waals surface area contributed by atoms with E-state index in [0.29, 0.717) is 0 Å². The molecule has 9 aromatic rings. The molecule has 0 spiro atoms. The second kappa shape index (κ2) is 8.92. The molecule has 0 bridgehead atoms. The first-order valence-corrected chi connectivity index (χ1v) is 14.3. The fourth-order valence-electron chi connectivity index (χ4n) is 6.68. The molecule has 3 heterocycles. The van der Waals surface area contributed by atoms with Crippen molar-refractivity contribution >= 4 is 54.5 Å². The standard InChI is InChI=1S/C39H25N3/c1-2-12-26(13-3-1)32-25-39(40-34-18-8-4-14-28(32)34)42-37-21-11-7-17-31(37)33-24-27(22-23-38(33)42)41-35-19-9-5-15-29(35)30-16-6-10-20-36(30)41/h1-25H. The predicted octanol–water partition coefficient (Wildman–Crippen LogP) is 10.1. The number of aromatic nitrogens is 3. The van der Waals surface area contributed by atoms with Crippen molar-refractivity contribution < 1.29 is 0 Å². The molecule has 0 aliphatic heterocycles. The quantitative estimate of drug-likeness (QED) is 0.221. The Hall–Kier alpha value is -5.67. The molecular formula is C39H25N3. The van der Waals surface area contributed by atoms with Crippen LogP contribution < -0.4 is 0 Å². The second-order valence-electron chi connectivity index (χ2n) is 10.8. The van der Waals surface area contributed by atoms with Crippen LogP contribution in [0.3, 0.4) is 0 Å². The SMILES string of the molecule is c1ccc(-c2cc(-n3c4ccccc4c4cc(-n5c6ccccc6c6ccccc65)ccc43)nc3ccccc23)cc1. The lowest BCUT2D eigenvalue weighted by molar-refractivity contribution is 1.10. The molecule has 0 saturated carbocycles. The third kappa shape index (κ3) is 3.31. The summed E-state index contributed by atoms with van der Waals surface area (Å²) in [6.45, 7) is 0. The van der Waals surface area contributed by atoms with Gasteiger partial charge in [-0.2, -0.15) is 0 Å². The van der Waals surface area contributed by atoms with Gasteiger partial charge in [0.2, 0.25) is 0 Å². The largest absolute Gasteiger partial charge is 0.309 e. The van der Waals surface area contributed by atoms with Crippen molar-refractivity contribution in [3.63, 3.8) is 0 Å². The van der Waals surface area contributed by atoms with Crippen molar-refractivity contribution in [1.29, 1.82) is 0 Å². The van der Waals surface area contributed by atoms with E-state index in [4.69, 9.17) is 4.98 Å². The van der Waals surface area contributed by atoms with Crippen LogP contribution in [0, 0.1) is 0 Å². The Bertz CT molecular complexity index is 2410. The number of pyridine rings is 1. The Kier molecular flexibility index (Phi) is 4.90. The molecule has 0 amide bonds. The minimum atomic E-state index is 0.920. The Morgan fingerprint density at radius 2 is 0.905 bits per heavy atom. The van der Waals surface area contributed by atoms with E-state index in [1.807, 2.05) is 0 Å². The van der Waals surface area contributed by atoms with Crippen LogP contribution >= 0.6 is 0 Å². The highest BCUT2D eigenvalue weighted by molar-refractivity contribution is 6.12. The fraction of sp³-hybridized carbons (Fsp3) is 0. The minimum absolute atomic E-state index is 0.920. The summed E-state index contributed by atoms with van der Waals surface area (Å²) in [4.78, 5) is 5.22. The molecule has 3 aromatic heterocycles. The van der Waals surface area contributed by atoms with Gasteiger partial charge >= 0.3 is 0 Å². The minimum Gasteiger partial charge on any atom is -0.309 e. The van der Waals surface area contributed by atoms with Crippen molar-refractivity contribution in [3.05, 3.63) is 152 Å². The normalized spacial score (nSPS) is 11.8. The molecule has 0 atom stereocenters. The van der Waals surface area contributed by atoms with Crippen LogP contribution in [-0.2, 0) is 0 Å². The molecule has 0 radical (unpaired) electrons. The Labute approximate surface area is 242 Å². The number of hydrogen-bond acceptors (Lipinski definition) is 1. The van der Waals surface area contributed by atoms with Gasteiger partial charge in [-0.15, -0.1) is 0 Å². The molecule has 0 unspecified atom stereocenters. The summed E-state index contributed by atoms with van der Waals surface area (Å²) in [6, 6.07) is 54.2. The van der Waals surface area contributed by atoms with E-state index in [9.17, 15) is 0 Å². The van der Waals surface area contributed by atoms with Crippen LogP contribution in [-0.4, -0.2) is 14.1 Å². The van der Waals surface area contributed by atoms with Gasteiger partial charge in [0.15, 0.2) is 0 Å². The Balaban J connectivity index is 1.34. The van der Waals surface area contributed by atoms with Gasteiger partial charge in [0.05, 0.1) is 27.6 Å². The fourth-order valence-corrected chi connectivity index (χ4v) is 6.68. The molecule has 3 heteroatoms. The summed E-state index contributed by atoms with van der Waals surface area (Å²) in [5.41, 5.74) is 9.23. The molecule has 0 aliphatic carbocycles. The molecule has 3 nitrogen and oxygen atoms in total. The van der Waals surface area contributed by atoms with Gasteiger partial charge in [-0.1, -0.05) is 103 Å². The van der Waals surface area contributed by atoms with E-state index < -0.39 is 0 Å². The summed E-state index contributed by atoms with van der Waals surface area (Å²) >= 11 is 0. The zero-order chi connectivity index (χ0) is 27.6. The maximum Gasteiger partial charge on any atom is 0.138 e. The van der Waals surface area contributed by atoms with Crippen LogP contribution in [0.1, 0.15) is 0 Å². The second-order valence-corrected chi connectivity index (χ2v) is 10.8. The topological polar surface area (TPSA) is 22.8 Å². The van der Waals surface area contributed by atoms with Crippen molar-refractivity contribution in [3.8, 4) is 22.6 Å². The highest BCUT2D eigenvalue weighted by atomic mass is 15.1. The number of nitrogens with zero attached hydrogens (tertiary/aromatic N) is 3. The summed E-state index contributed by atoms with van der Waals surface area (Å²) in [5, 5.41) is 6.11. The first-order valence-electron chi connectivity index (χ1n) is 14.3. The van der Waals surface area contributed by atoms with Gasteiger partial charge in [-0.05, 0) is 59.7 Å².